The maximum absolute atomic E-state index is 12.8. The van der Waals surface area contributed by atoms with Crippen molar-refractivity contribution in [2.24, 2.45) is 5.73 Å². The van der Waals surface area contributed by atoms with E-state index in [4.69, 9.17) is 26.7 Å². The van der Waals surface area contributed by atoms with Gasteiger partial charge in [-0.1, -0.05) is 19.6 Å². The average molecular weight is 817 g/mol. The van der Waals surface area contributed by atoms with Gasteiger partial charge in [0.1, 0.15) is 65.9 Å². The van der Waals surface area contributed by atoms with E-state index in [1.54, 1.807) is 35.0 Å². The maximum atomic E-state index is 12.8. The molecular formula is C36H44N14O9. The SMILES string of the molecule is C.Nc1ncnc2c1ncn2[C@@H]1O[C@H](CO)C(O)[C@@H]1NC(=O)C(N)Cc1ccc(O)cc1.Nc1ncnc2c1ncn2[C@@H]1O[C@H](CO)C(O)[C@@H]1NC(=O)c1cccnc1. The number of nitrogens with two attached hydrogens (primary N) is 3. The van der Waals surface area contributed by atoms with Gasteiger partial charge in [0.2, 0.25) is 5.91 Å². The van der Waals surface area contributed by atoms with Gasteiger partial charge in [0.25, 0.3) is 5.91 Å². The van der Waals surface area contributed by atoms with Crippen LogP contribution >= 0.6 is 0 Å². The summed E-state index contributed by atoms with van der Waals surface area (Å²) in [5.74, 6) is -0.451. The molecule has 2 amide bonds. The van der Waals surface area contributed by atoms with Crippen LogP contribution in [0.15, 0.2) is 74.1 Å². The molecule has 0 saturated carbocycles. The third-order valence-corrected chi connectivity index (χ3v) is 9.68. The van der Waals surface area contributed by atoms with Crippen molar-refractivity contribution in [2.75, 3.05) is 24.7 Å². The molecule has 9 atom stereocenters. The molecular weight excluding hydrogens is 772 g/mol. The van der Waals surface area contributed by atoms with Crippen molar-refractivity contribution in [1.29, 1.82) is 0 Å². The van der Waals surface area contributed by atoms with Gasteiger partial charge < -0.3 is 62.8 Å². The zero-order valence-corrected chi connectivity index (χ0v) is 30.4. The van der Waals surface area contributed by atoms with Crippen molar-refractivity contribution >= 4 is 45.8 Å². The van der Waals surface area contributed by atoms with Gasteiger partial charge in [-0.15, -0.1) is 0 Å². The lowest BCUT2D eigenvalue weighted by atomic mass is 10.0. The number of carbonyl (C=O) groups excluding carboxylic acids is 2. The highest BCUT2D eigenvalue weighted by Gasteiger charge is 2.47. The Morgan fingerprint density at radius 3 is 1.80 bits per heavy atom. The summed E-state index contributed by atoms with van der Waals surface area (Å²) in [7, 11) is 0. The summed E-state index contributed by atoms with van der Waals surface area (Å²) in [6.07, 6.45) is 2.70. The highest BCUT2D eigenvalue weighted by molar-refractivity contribution is 5.94. The van der Waals surface area contributed by atoms with Gasteiger partial charge in [-0.25, -0.2) is 29.9 Å². The van der Waals surface area contributed by atoms with E-state index in [9.17, 15) is 35.1 Å². The van der Waals surface area contributed by atoms with E-state index in [1.807, 2.05) is 0 Å². The van der Waals surface area contributed by atoms with Gasteiger partial charge in [-0.2, -0.15) is 0 Å². The fourth-order valence-corrected chi connectivity index (χ4v) is 6.68. The molecule has 2 aliphatic rings. The van der Waals surface area contributed by atoms with Crippen LogP contribution in [0.2, 0.25) is 0 Å². The molecule has 0 spiro atoms. The van der Waals surface area contributed by atoms with Gasteiger partial charge in [-0.05, 0) is 36.2 Å². The Bertz CT molecular complexity index is 2370. The number of carbonyl (C=O) groups is 2. The summed E-state index contributed by atoms with van der Waals surface area (Å²) in [4.78, 5) is 53.6. The third kappa shape index (κ3) is 8.56. The Balaban J connectivity index is 0.000000197. The van der Waals surface area contributed by atoms with Crippen LogP contribution in [0.5, 0.6) is 5.75 Å². The molecule has 2 aliphatic heterocycles. The number of aromatic hydroxyl groups is 1. The second kappa shape index (κ2) is 18.0. The van der Waals surface area contributed by atoms with E-state index in [1.165, 1.54) is 48.2 Å². The molecule has 2 saturated heterocycles. The minimum atomic E-state index is -1.20. The van der Waals surface area contributed by atoms with Crippen LogP contribution in [0.25, 0.3) is 22.3 Å². The maximum Gasteiger partial charge on any atom is 0.253 e. The van der Waals surface area contributed by atoms with Crippen molar-refractivity contribution in [2.45, 2.75) is 68.8 Å². The second-order valence-electron chi connectivity index (χ2n) is 13.4. The van der Waals surface area contributed by atoms with E-state index in [0.717, 1.165) is 5.56 Å². The molecule has 59 heavy (non-hydrogen) atoms. The number of phenolic OH excluding ortho intramolecular Hbond substituents is 1. The van der Waals surface area contributed by atoms with Crippen molar-refractivity contribution in [3.05, 3.63) is 85.2 Å². The number of rotatable bonds is 10. The third-order valence-electron chi connectivity index (χ3n) is 9.68. The number of hydrogen-bond acceptors (Lipinski definition) is 19. The lowest BCUT2D eigenvalue weighted by Crippen LogP contribution is -2.52. The number of pyridine rings is 1. The number of imidazole rings is 2. The zero-order chi connectivity index (χ0) is 41.1. The monoisotopic (exact) mass is 816 g/mol. The van der Waals surface area contributed by atoms with E-state index in [-0.39, 0.29) is 31.2 Å². The average Bonchev–Trinajstić information content (AvgIpc) is 4.01. The highest BCUT2D eigenvalue weighted by atomic mass is 16.6. The van der Waals surface area contributed by atoms with Crippen LogP contribution < -0.4 is 27.8 Å². The highest BCUT2D eigenvalue weighted by Crippen LogP contribution is 2.33. The van der Waals surface area contributed by atoms with Crippen LogP contribution in [0.4, 0.5) is 11.6 Å². The Morgan fingerprint density at radius 1 is 0.780 bits per heavy atom. The molecule has 3 unspecified atom stereocenters. The topological polar surface area (TPSA) is 356 Å². The van der Waals surface area contributed by atoms with Gasteiger partial charge in [0, 0.05) is 12.4 Å². The van der Waals surface area contributed by atoms with Gasteiger partial charge >= 0.3 is 0 Å². The number of phenols is 1. The predicted octanol–water partition coefficient (Wildman–Crippen LogP) is -2.09. The molecule has 23 heteroatoms. The summed E-state index contributed by atoms with van der Waals surface area (Å²) in [5, 5.41) is 55.1. The smallest absolute Gasteiger partial charge is 0.253 e. The lowest BCUT2D eigenvalue weighted by Gasteiger charge is -2.24. The number of ether oxygens (including phenoxy) is 2. The van der Waals surface area contributed by atoms with Crippen LogP contribution in [0, 0.1) is 0 Å². The number of aliphatic hydroxyl groups is 4. The molecule has 5 aromatic heterocycles. The first-order valence-electron chi connectivity index (χ1n) is 17.8. The van der Waals surface area contributed by atoms with Crippen LogP contribution in [-0.2, 0) is 20.7 Å². The molecule has 2 fully saturated rings. The number of benzene rings is 1. The fourth-order valence-electron chi connectivity index (χ4n) is 6.68. The Kier molecular flexibility index (Phi) is 12.8. The molecule has 0 aliphatic carbocycles. The van der Waals surface area contributed by atoms with Gasteiger partial charge in [0.05, 0.1) is 37.5 Å². The summed E-state index contributed by atoms with van der Waals surface area (Å²) >= 11 is 0. The first kappa shape index (κ1) is 42.1. The predicted molar refractivity (Wildman–Crippen MR) is 207 cm³/mol. The first-order chi connectivity index (χ1) is 28.0. The number of amides is 2. The molecule has 7 heterocycles. The first-order valence-corrected chi connectivity index (χ1v) is 17.8. The number of fused-ring (bicyclic) bond motifs is 2. The summed E-state index contributed by atoms with van der Waals surface area (Å²) < 4.78 is 14.6. The van der Waals surface area contributed by atoms with Crippen LogP contribution in [0.3, 0.4) is 0 Å². The Hall–Kier alpha value is -6.47. The van der Waals surface area contributed by atoms with Crippen molar-refractivity contribution in [3.63, 3.8) is 0 Å². The van der Waals surface area contributed by atoms with E-state index < -0.39 is 80.0 Å². The molecule has 23 nitrogen and oxygen atoms in total. The number of aromatic nitrogens is 9. The number of nitrogen functional groups attached to an aromatic ring is 2. The van der Waals surface area contributed by atoms with Crippen molar-refractivity contribution in [1.82, 2.24) is 54.7 Å². The largest absolute Gasteiger partial charge is 0.508 e. The molecule has 1 aromatic carbocycles. The molecule has 0 bridgehead atoms. The number of anilines is 2. The fraction of sp³-hybridized carbons (Fsp3) is 0.361. The van der Waals surface area contributed by atoms with Crippen LogP contribution in [0.1, 0.15) is 35.8 Å². The summed E-state index contributed by atoms with van der Waals surface area (Å²) in [6.45, 7) is -0.867. The zero-order valence-electron chi connectivity index (χ0n) is 30.4. The van der Waals surface area contributed by atoms with Crippen LogP contribution in [-0.4, -0.2) is 137 Å². The number of hydrogen-bond donors (Lipinski definition) is 10. The Labute approximate surface area is 334 Å². The number of nitrogens with one attached hydrogen (secondary N) is 2. The Morgan fingerprint density at radius 2 is 1.31 bits per heavy atom. The molecule has 0 radical (unpaired) electrons. The molecule has 6 aromatic rings. The molecule has 312 valence electrons. The van der Waals surface area contributed by atoms with Gasteiger partial charge in [0.15, 0.2) is 35.4 Å². The minimum absolute atomic E-state index is 0. The van der Waals surface area contributed by atoms with E-state index >= 15 is 0 Å². The van der Waals surface area contributed by atoms with E-state index in [0.29, 0.717) is 27.9 Å². The lowest BCUT2D eigenvalue weighted by molar-refractivity contribution is -0.124. The van der Waals surface area contributed by atoms with E-state index in [2.05, 4.69) is 45.5 Å². The quantitative estimate of drug-likeness (QED) is 0.0708. The molecule has 13 N–H and O–H groups in total. The number of nitrogens with zero attached hydrogens (tertiary/aromatic N) is 9. The second-order valence-corrected chi connectivity index (χ2v) is 13.4. The standard InChI is InChI=1S/C19H23N7O5.C16H17N7O4.CH4/c20-11(5-9-1-3-10(28)4-2-9)18(30)25-13-15(29)12(6-27)31-19(13)26-8-24-14-16(21)22-7-23-17(14)26;17-13-11-14(20-6-19-13)23(7-21-11)16-10(12(25)9(5-24)27-16)22-15(26)8-2-1-3-18-4-8;/h1-4,7-8,11-13,15,19,27-29H,5-6,20H2,(H,25,30)(H2,21,22,23);1-4,6-7,9-10,12,16,24-25H,5H2,(H,22,26)(H2,17,19,20);1H4/t11?,12-,13+,15?,19-;9-,10+,12?,16-;/m11./s1. The summed E-state index contributed by atoms with van der Waals surface area (Å²) in [6, 6.07) is 6.89. The van der Waals surface area contributed by atoms with Crippen molar-refractivity contribution in [3.8, 4) is 5.75 Å². The summed E-state index contributed by atoms with van der Waals surface area (Å²) in [5.41, 5.74) is 20.3. The normalized spacial score (nSPS) is 24.2. The molecule has 8 rings (SSSR count). The number of aliphatic hydroxyl groups excluding tert-OH is 4. The minimum Gasteiger partial charge on any atom is -0.508 e. The van der Waals surface area contributed by atoms with Crippen molar-refractivity contribution < 1.29 is 44.6 Å². The van der Waals surface area contributed by atoms with Gasteiger partial charge in [-0.3, -0.25) is 23.7 Å².